The summed E-state index contributed by atoms with van der Waals surface area (Å²) in [5.74, 6) is 0. The minimum absolute atomic E-state index is 0.588. The summed E-state index contributed by atoms with van der Waals surface area (Å²) in [6.07, 6.45) is 0.847. The van der Waals surface area contributed by atoms with Crippen molar-refractivity contribution < 1.29 is 27.5 Å². The van der Waals surface area contributed by atoms with Gasteiger partial charge in [0.25, 0.3) is 0 Å². The van der Waals surface area contributed by atoms with Crippen LogP contribution in [-0.4, -0.2) is 70.3 Å². The van der Waals surface area contributed by atoms with Gasteiger partial charge in [0.15, 0.2) is 0 Å². The molecule has 0 saturated carbocycles. The molecule has 0 unspecified atom stereocenters. The molecule has 0 amide bonds. The van der Waals surface area contributed by atoms with Gasteiger partial charge in [-0.25, -0.2) is 0 Å². The molecule has 0 aromatic rings. The molecule has 0 aromatic heterocycles. The van der Waals surface area contributed by atoms with Gasteiger partial charge in [-0.2, -0.15) is 0 Å². The molecule has 0 aliphatic heterocycles. The van der Waals surface area contributed by atoms with Gasteiger partial charge in [-0.15, -0.1) is 0 Å². The Balaban J connectivity index is 3.38. The highest BCUT2D eigenvalue weighted by Gasteiger charge is 2.36. The number of hydrogen-bond donors (Lipinski definition) is 0. The van der Waals surface area contributed by atoms with Gasteiger partial charge >= 0.3 is 8.80 Å². The van der Waals surface area contributed by atoms with Gasteiger partial charge in [-0.3, -0.25) is 0 Å². The Bertz CT molecular complexity index is 169. The Morgan fingerprint density at radius 3 is 1.67 bits per heavy atom. The van der Waals surface area contributed by atoms with E-state index in [9.17, 15) is 0 Å². The largest absolute Gasteiger partial charge is 0.500 e. The standard InChI is InChI=1S/C11H26O6Si/c1-12-7-8-17-10-9-16-6-5-11-18(13-2,14-3)15-4/h5-11H2,1-4H3. The molecule has 0 atom stereocenters. The SMILES string of the molecule is COCCOCCOCCC[Si](OC)(OC)OC. The maximum Gasteiger partial charge on any atom is 0.500 e. The van der Waals surface area contributed by atoms with E-state index in [4.69, 9.17) is 27.5 Å². The van der Waals surface area contributed by atoms with Gasteiger partial charge in [-0.1, -0.05) is 0 Å². The Kier molecular flexibility index (Phi) is 12.0. The molecule has 0 rings (SSSR count). The normalized spacial score (nSPS) is 12.0. The first-order valence-corrected chi connectivity index (χ1v) is 7.97. The summed E-state index contributed by atoms with van der Waals surface area (Å²) in [6.45, 7) is 3.05. The summed E-state index contributed by atoms with van der Waals surface area (Å²) in [6, 6.07) is 0.751. The van der Waals surface area contributed by atoms with E-state index in [1.807, 2.05) is 0 Å². The van der Waals surface area contributed by atoms with Crippen LogP contribution < -0.4 is 0 Å². The molecule has 0 spiro atoms. The van der Waals surface area contributed by atoms with Crippen LogP contribution in [0, 0.1) is 0 Å². The maximum absolute atomic E-state index is 5.43. The van der Waals surface area contributed by atoms with Crippen LogP contribution in [0.15, 0.2) is 0 Å². The van der Waals surface area contributed by atoms with Crippen molar-refractivity contribution in [3.8, 4) is 0 Å². The van der Waals surface area contributed by atoms with E-state index in [-0.39, 0.29) is 0 Å². The molecule has 0 heterocycles. The van der Waals surface area contributed by atoms with E-state index in [2.05, 4.69) is 0 Å². The minimum atomic E-state index is -2.43. The van der Waals surface area contributed by atoms with Crippen molar-refractivity contribution in [2.24, 2.45) is 0 Å². The zero-order chi connectivity index (χ0) is 13.7. The molecule has 0 bridgehead atoms. The van der Waals surface area contributed by atoms with Crippen molar-refractivity contribution in [1.82, 2.24) is 0 Å². The molecule has 0 radical (unpaired) electrons. The summed E-state index contributed by atoms with van der Waals surface area (Å²) in [5, 5.41) is 0. The average Bonchev–Trinajstić information content (AvgIpc) is 2.42. The third kappa shape index (κ3) is 8.14. The zero-order valence-corrected chi connectivity index (χ0v) is 12.9. The van der Waals surface area contributed by atoms with Gasteiger partial charge in [0.1, 0.15) is 0 Å². The molecule has 18 heavy (non-hydrogen) atoms. The second-order valence-corrected chi connectivity index (χ2v) is 6.71. The molecule has 0 N–H and O–H groups in total. The first-order chi connectivity index (χ1) is 8.74. The summed E-state index contributed by atoms with van der Waals surface area (Å²) in [7, 11) is 4.06. The smallest absolute Gasteiger partial charge is 0.382 e. The van der Waals surface area contributed by atoms with Crippen LogP contribution in [0.25, 0.3) is 0 Å². The van der Waals surface area contributed by atoms with E-state index in [0.717, 1.165) is 12.5 Å². The summed E-state index contributed by atoms with van der Waals surface area (Å²) in [5.41, 5.74) is 0. The van der Waals surface area contributed by atoms with Crippen molar-refractivity contribution in [2.75, 3.05) is 61.5 Å². The van der Waals surface area contributed by atoms with Crippen LogP contribution in [0.1, 0.15) is 6.42 Å². The van der Waals surface area contributed by atoms with Gasteiger partial charge in [-0.05, 0) is 6.42 Å². The van der Waals surface area contributed by atoms with Gasteiger partial charge in [0.05, 0.1) is 26.4 Å². The lowest BCUT2D eigenvalue weighted by Gasteiger charge is -2.24. The molecule has 0 aliphatic carbocycles. The molecule has 0 saturated heterocycles. The van der Waals surface area contributed by atoms with E-state index < -0.39 is 8.80 Å². The molecular formula is C11H26O6Si. The second-order valence-electron chi connectivity index (χ2n) is 3.62. The fourth-order valence-electron chi connectivity index (χ4n) is 1.41. The number of methoxy groups -OCH3 is 1. The molecule has 6 nitrogen and oxygen atoms in total. The maximum atomic E-state index is 5.43. The van der Waals surface area contributed by atoms with E-state index in [0.29, 0.717) is 33.0 Å². The third-order valence-electron chi connectivity index (χ3n) is 2.51. The Morgan fingerprint density at radius 1 is 0.667 bits per heavy atom. The van der Waals surface area contributed by atoms with Crippen LogP contribution in [0.4, 0.5) is 0 Å². The van der Waals surface area contributed by atoms with E-state index in [1.165, 1.54) is 0 Å². The van der Waals surface area contributed by atoms with Crippen molar-refractivity contribution >= 4 is 8.80 Å². The predicted molar refractivity (Wildman–Crippen MR) is 69.7 cm³/mol. The Hall–Kier alpha value is -0.0231. The first kappa shape index (κ1) is 18.0. The first-order valence-electron chi connectivity index (χ1n) is 6.04. The number of ether oxygens (including phenoxy) is 3. The lowest BCUT2D eigenvalue weighted by Crippen LogP contribution is -2.42. The van der Waals surface area contributed by atoms with Crippen molar-refractivity contribution in [3.63, 3.8) is 0 Å². The van der Waals surface area contributed by atoms with Gasteiger partial charge < -0.3 is 27.5 Å². The van der Waals surface area contributed by atoms with Crippen molar-refractivity contribution in [2.45, 2.75) is 12.5 Å². The number of hydrogen-bond acceptors (Lipinski definition) is 6. The van der Waals surface area contributed by atoms with Crippen molar-refractivity contribution in [3.05, 3.63) is 0 Å². The topological polar surface area (TPSA) is 55.4 Å². The van der Waals surface area contributed by atoms with Crippen LogP contribution in [-0.2, 0) is 27.5 Å². The molecule has 110 valence electrons. The number of rotatable bonds is 13. The fourth-order valence-corrected chi connectivity index (χ4v) is 3.10. The molecule has 7 heteroatoms. The van der Waals surface area contributed by atoms with Crippen LogP contribution in [0.2, 0.25) is 6.04 Å². The molecule has 0 aliphatic rings. The predicted octanol–water partition coefficient (Wildman–Crippen LogP) is 0.934. The highest BCUT2D eigenvalue weighted by atomic mass is 28.4. The fraction of sp³-hybridized carbons (Fsp3) is 1.00. The quantitative estimate of drug-likeness (QED) is 0.370. The second kappa shape index (κ2) is 12.0. The van der Waals surface area contributed by atoms with Crippen molar-refractivity contribution in [1.29, 1.82) is 0 Å². The molecular weight excluding hydrogens is 256 g/mol. The lowest BCUT2D eigenvalue weighted by atomic mass is 10.5. The summed E-state index contributed by atoms with van der Waals surface area (Å²) in [4.78, 5) is 0. The van der Waals surface area contributed by atoms with Crippen LogP contribution >= 0.6 is 0 Å². The van der Waals surface area contributed by atoms with E-state index in [1.54, 1.807) is 28.4 Å². The zero-order valence-electron chi connectivity index (χ0n) is 11.9. The van der Waals surface area contributed by atoms with Crippen LogP contribution in [0.5, 0.6) is 0 Å². The third-order valence-corrected chi connectivity index (χ3v) is 5.34. The highest BCUT2D eigenvalue weighted by molar-refractivity contribution is 6.60. The summed E-state index contributed by atoms with van der Waals surface area (Å²) < 4.78 is 31.5. The molecule has 0 fully saturated rings. The van der Waals surface area contributed by atoms with E-state index >= 15 is 0 Å². The minimum Gasteiger partial charge on any atom is -0.382 e. The average molecular weight is 282 g/mol. The van der Waals surface area contributed by atoms with Gasteiger partial charge in [0, 0.05) is 41.1 Å². The Labute approximate surface area is 111 Å². The summed E-state index contributed by atoms with van der Waals surface area (Å²) >= 11 is 0. The highest BCUT2D eigenvalue weighted by Crippen LogP contribution is 2.14. The Morgan fingerprint density at radius 2 is 1.17 bits per heavy atom. The monoisotopic (exact) mass is 282 g/mol. The van der Waals surface area contributed by atoms with Crippen LogP contribution in [0.3, 0.4) is 0 Å². The van der Waals surface area contributed by atoms with Gasteiger partial charge in [0.2, 0.25) is 0 Å². The lowest BCUT2D eigenvalue weighted by molar-refractivity contribution is 0.0239. The molecule has 0 aromatic carbocycles.